The minimum Gasteiger partial charge on any atom is -0.300 e. The van der Waals surface area contributed by atoms with Crippen LogP contribution in [-0.4, -0.2) is 56.3 Å². The smallest absolute Gasteiger partial charge is 0.121 e. The third-order valence-corrected chi connectivity index (χ3v) is 5.78. The zero-order valence-electron chi connectivity index (χ0n) is 15.1. The van der Waals surface area contributed by atoms with E-state index >= 15 is 0 Å². The van der Waals surface area contributed by atoms with Gasteiger partial charge in [-0.05, 0) is 30.6 Å². The quantitative estimate of drug-likeness (QED) is 0.523. The first-order valence-corrected chi connectivity index (χ1v) is 9.38. The highest BCUT2D eigenvalue weighted by Crippen LogP contribution is 2.78. The zero-order chi connectivity index (χ0) is 15.8. The Morgan fingerprint density at radius 1 is 0.955 bits per heavy atom. The first kappa shape index (κ1) is 16.6. The van der Waals surface area contributed by atoms with Crippen molar-refractivity contribution in [2.45, 2.75) is 58.1 Å². The van der Waals surface area contributed by atoms with Gasteiger partial charge in [0, 0.05) is 39.3 Å². The molecule has 123 valence electrons. The van der Waals surface area contributed by atoms with Crippen LogP contribution in [0.2, 0.25) is 11.1 Å². The first-order valence-electron chi connectivity index (χ1n) is 9.38. The molecule has 1 radical (unpaired) electrons. The number of piperazine rings is 1. The second-order valence-corrected chi connectivity index (χ2v) is 9.05. The Morgan fingerprint density at radius 3 is 2.09 bits per heavy atom. The second kappa shape index (κ2) is 6.32. The molecular formula is C19H34BN2. The maximum Gasteiger partial charge on any atom is 0.121 e. The van der Waals surface area contributed by atoms with E-state index in [1.807, 2.05) is 0 Å². The summed E-state index contributed by atoms with van der Waals surface area (Å²) < 4.78 is 0. The fourth-order valence-electron chi connectivity index (χ4n) is 5.22. The van der Waals surface area contributed by atoms with E-state index in [-0.39, 0.29) is 0 Å². The number of allylic oxidation sites excluding steroid dienone is 1. The van der Waals surface area contributed by atoms with Gasteiger partial charge in [0.2, 0.25) is 0 Å². The van der Waals surface area contributed by atoms with Crippen LogP contribution in [0.25, 0.3) is 0 Å². The van der Waals surface area contributed by atoms with Gasteiger partial charge in [0.05, 0.1) is 0 Å². The molecule has 1 saturated heterocycles. The maximum atomic E-state index is 2.74. The molecule has 1 heterocycles. The largest absolute Gasteiger partial charge is 0.300 e. The highest BCUT2D eigenvalue weighted by Gasteiger charge is 2.66. The molecule has 0 atom stereocenters. The molecule has 3 aliphatic carbocycles. The van der Waals surface area contributed by atoms with Gasteiger partial charge in [0.25, 0.3) is 0 Å². The van der Waals surface area contributed by atoms with E-state index in [0.29, 0.717) is 16.6 Å². The van der Waals surface area contributed by atoms with Crippen LogP contribution in [0.4, 0.5) is 0 Å². The molecule has 22 heavy (non-hydrogen) atoms. The molecule has 3 heteroatoms. The van der Waals surface area contributed by atoms with E-state index < -0.39 is 0 Å². The number of hydrogen-bond donors (Lipinski definition) is 0. The molecule has 0 aromatic rings. The van der Waals surface area contributed by atoms with Crippen molar-refractivity contribution in [3.63, 3.8) is 0 Å². The van der Waals surface area contributed by atoms with E-state index in [0.717, 1.165) is 12.4 Å². The summed E-state index contributed by atoms with van der Waals surface area (Å²) in [5, 5.41) is 0.664. The van der Waals surface area contributed by atoms with Crippen LogP contribution >= 0.6 is 0 Å². The lowest BCUT2D eigenvalue weighted by Crippen LogP contribution is -2.64. The predicted molar refractivity (Wildman–Crippen MR) is 96.7 cm³/mol. The van der Waals surface area contributed by atoms with Gasteiger partial charge in [0.1, 0.15) is 7.28 Å². The third-order valence-electron chi connectivity index (χ3n) is 5.78. The van der Waals surface area contributed by atoms with Gasteiger partial charge in [-0.3, -0.25) is 4.90 Å². The highest BCUT2D eigenvalue weighted by molar-refractivity contribution is 6.43. The monoisotopic (exact) mass is 301 g/mol. The van der Waals surface area contributed by atoms with Crippen LogP contribution < -0.4 is 0 Å². The Hall–Kier alpha value is -0.275. The molecule has 4 fully saturated rings. The lowest BCUT2D eigenvalue weighted by Gasteiger charge is -2.73. The summed E-state index contributed by atoms with van der Waals surface area (Å²) in [7, 11) is 2.63. The number of nitrogens with zero attached hydrogens (tertiary/aromatic N) is 2. The van der Waals surface area contributed by atoms with Crippen LogP contribution in [0.5, 0.6) is 0 Å². The van der Waals surface area contributed by atoms with Crippen LogP contribution in [0.15, 0.2) is 12.2 Å². The Kier molecular flexibility index (Phi) is 4.76. The lowest BCUT2D eigenvalue weighted by atomic mass is 9.21. The SMILES string of the molecule is CC(C)[B]C12CC(CN3CCN(C/C=C/C(C)C)CC3)(C1)C2. The summed E-state index contributed by atoms with van der Waals surface area (Å²) in [5.41, 5.74) is 0.713. The average Bonchev–Trinajstić information content (AvgIpc) is 2.36. The molecule has 2 bridgehead atoms. The van der Waals surface area contributed by atoms with E-state index in [4.69, 9.17) is 0 Å². The molecule has 3 saturated carbocycles. The third kappa shape index (κ3) is 3.62. The number of rotatable bonds is 7. The molecule has 0 spiro atoms. The summed E-state index contributed by atoms with van der Waals surface area (Å²) in [4.78, 5) is 5.34. The molecule has 0 unspecified atom stereocenters. The standard InChI is InChI=1S/C19H34BN2/c1-16(2)6-5-7-21-8-10-22(11-9-21)15-18-12-19(13-18,14-18)20-17(3)4/h5-6,16-17H,7-15H2,1-4H3/b6-5+. The van der Waals surface area contributed by atoms with Gasteiger partial charge >= 0.3 is 0 Å². The minimum atomic E-state index is 0.664. The van der Waals surface area contributed by atoms with Gasteiger partial charge in [0.15, 0.2) is 0 Å². The van der Waals surface area contributed by atoms with Crippen LogP contribution in [-0.2, 0) is 0 Å². The first-order chi connectivity index (χ1) is 10.4. The van der Waals surface area contributed by atoms with Crippen molar-refractivity contribution in [3.8, 4) is 0 Å². The Bertz CT molecular complexity index is 388. The number of hydrogen-bond acceptors (Lipinski definition) is 2. The van der Waals surface area contributed by atoms with Crippen LogP contribution in [0.3, 0.4) is 0 Å². The molecule has 0 aromatic carbocycles. The molecule has 2 nitrogen and oxygen atoms in total. The van der Waals surface area contributed by atoms with E-state index in [1.165, 1.54) is 52.0 Å². The summed E-state index contributed by atoms with van der Waals surface area (Å²) >= 11 is 0. The highest BCUT2D eigenvalue weighted by atomic mass is 15.3. The summed E-state index contributed by atoms with van der Waals surface area (Å²) in [6.07, 6.45) is 9.13. The van der Waals surface area contributed by atoms with Gasteiger partial charge in [-0.2, -0.15) is 0 Å². The maximum absolute atomic E-state index is 2.74. The van der Waals surface area contributed by atoms with Crippen LogP contribution in [0, 0.1) is 11.3 Å². The van der Waals surface area contributed by atoms with Crippen molar-refractivity contribution < 1.29 is 0 Å². The van der Waals surface area contributed by atoms with Crippen molar-refractivity contribution in [1.82, 2.24) is 9.80 Å². The van der Waals surface area contributed by atoms with Crippen molar-refractivity contribution in [2.24, 2.45) is 11.3 Å². The van der Waals surface area contributed by atoms with Crippen molar-refractivity contribution in [2.75, 3.05) is 39.3 Å². The molecule has 0 N–H and O–H groups in total. The molecule has 0 aromatic heterocycles. The van der Waals surface area contributed by atoms with E-state index in [1.54, 1.807) is 0 Å². The lowest BCUT2D eigenvalue weighted by molar-refractivity contribution is -0.115. The Morgan fingerprint density at radius 2 is 1.55 bits per heavy atom. The van der Waals surface area contributed by atoms with Gasteiger partial charge in [-0.15, -0.1) is 0 Å². The van der Waals surface area contributed by atoms with Gasteiger partial charge in [-0.1, -0.05) is 51.0 Å². The summed E-state index contributed by atoms with van der Waals surface area (Å²) in [6, 6.07) is 0. The van der Waals surface area contributed by atoms with Gasteiger partial charge < -0.3 is 4.90 Å². The Balaban J connectivity index is 1.34. The predicted octanol–water partition coefficient (Wildman–Crippen LogP) is 3.69. The molecular weight excluding hydrogens is 267 g/mol. The minimum absolute atomic E-state index is 0.664. The Labute approximate surface area is 138 Å². The van der Waals surface area contributed by atoms with Crippen molar-refractivity contribution >= 4 is 7.28 Å². The zero-order valence-corrected chi connectivity index (χ0v) is 15.1. The molecule has 4 aliphatic rings. The van der Waals surface area contributed by atoms with Gasteiger partial charge in [-0.25, -0.2) is 0 Å². The van der Waals surface area contributed by atoms with Crippen LogP contribution in [0.1, 0.15) is 47.0 Å². The summed E-state index contributed by atoms with van der Waals surface area (Å²) in [6.45, 7) is 16.7. The normalized spacial score (nSPS) is 35.9. The van der Waals surface area contributed by atoms with E-state index in [9.17, 15) is 0 Å². The topological polar surface area (TPSA) is 6.48 Å². The molecule has 1 aliphatic heterocycles. The molecule has 4 rings (SSSR count). The fourth-order valence-corrected chi connectivity index (χ4v) is 5.22. The molecule has 0 amide bonds. The summed E-state index contributed by atoms with van der Waals surface area (Å²) in [5.74, 6) is 1.45. The fraction of sp³-hybridized carbons (Fsp3) is 0.895. The second-order valence-electron chi connectivity index (χ2n) is 9.05. The van der Waals surface area contributed by atoms with E-state index in [2.05, 4.69) is 56.9 Å². The average molecular weight is 301 g/mol. The van der Waals surface area contributed by atoms with Crippen molar-refractivity contribution in [3.05, 3.63) is 12.2 Å². The van der Waals surface area contributed by atoms with Crippen molar-refractivity contribution in [1.29, 1.82) is 0 Å².